The predicted molar refractivity (Wildman–Crippen MR) is 71.2 cm³/mol. The Morgan fingerprint density at radius 3 is 2.68 bits per heavy atom. The number of methoxy groups -OCH3 is 1. The summed E-state index contributed by atoms with van der Waals surface area (Å²) < 4.78 is 10.0. The topological polar surface area (TPSA) is 79.9 Å². The molecule has 0 saturated carbocycles. The maximum atomic E-state index is 11.6. The van der Waals surface area contributed by atoms with E-state index in [0.29, 0.717) is 6.42 Å². The SMILES string of the molecule is CCCCCCC(O)c1cc(OC)c(CO)c(=O)o1. The Kier molecular flexibility index (Phi) is 6.59. The first-order valence-corrected chi connectivity index (χ1v) is 6.63. The Labute approximate surface area is 112 Å². The Balaban J connectivity index is 2.77. The molecule has 0 fully saturated rings. The van der Waals surface area contributed by atoms with Gasteiger partial charge in [-0.15, -0.1) is 0 Å². The molecule has 5 heteroatoms. The molecule has 0 amide bonds. The fourth-order valence-electron chi connectivity index (χ4n) is 1.91. The van der Waals surface area contributed by atoms with Gasteiger partial charge < -0.3 is 19.4 Å². The lowest BCUT2D eigenvalue weighted by atomic mass is 10.1. The minimum Gasteiger partial charge on any atom is -0.496 e. The third-order valence-corrected chi connectivity index (χ3v) is 3.07. The molecule has 0 aliphatic carbocycles. The Bertz CT molecular complexity index is 438. The van der Waals surface area contributed by atoms with Gasteiger partial charge >= 0.3 is 5.63 Å². The second-order valence-corrected chi connectivity index (χ2v) is 4.51. The van der Waals surface area contributed by atoms with E-state index >= 15 is 0 Å². The molecule has 0 aliphatic rings. The second-order valence-electron chi connectivity index (χ2n) is 4.51. The van der Waals surface area contributed by atoms with Crippen LogP contribution in [0.5, 0.6) is 5.75 Å². The van der Waals surface area contributed by atoms with Gasteiger partial charge in [0.05, 0.1) is 13.7 Å². The van der Waals surface area contributed by atoms with Gasteiger partial charge in [-0.2, -0.15) is 0 Å². The molecule has 0 aliphatic heterocycles. The third kappa shape index (κ3) is 4.36. The first-order chi connectivity index (χ1) is 9.13. The summed E-state index contributed by atoms with van der Waals surface area (Å²) in [5.41, 5.74) is -0.589. The van der Waals surface area contributed by atoms with Gasteiger partial charge in [0.25, 0.3) is 0 Å². The molecule has 0 saturated heterocycles. The van der Waals surface area contributed by atoms with Crippen LogP contribution in [0, 0.1) is 0 Å². The molecule has 0 radical (unpaired) electrons. The standard InChI is InChI=1S/C14H22O5/c1-3-4-5-6-7-11(16)13-8-12(18-2)10(9-15)14(17)19-13/h8,11,15-16H,3-7,9H2,1-2H3. The Morgan fingerprint density at radius 1 is 1.37 bits per heavy atom. The van der Waals surface area contributed by atoms with Crippen LogP contribution in [-0.4, -0.2) is 17.3 Å². The molecule has 1 atom stereocenters. The lowest BCUT2D eigenvalue weighted by molar-refractivity contribution is 0.130. The zero-order valence-electron chi connectivity index (χ0n) is 11.5. The highest BCUT2D eigenvalue weighted by atomic mass is 16.5. The van der Waals surface area contributed by atoms with Gasteiger partial charge in [-0.05, 0) is 6.42 Å². The van der Waals surface area contributed by atoms with Crippen molar-refractivity contribution in [1.82, 2.24) is 0 Å². The number of aliphatic hydroxyl groups excluding tert-OH is 2. The molecular formula is C14H22O5. The van der Waals surface area contributed by atoms with E-state index in [9.17, 15) is 9.90 Å². The Morgan fingerprint density at radius 2 is 2.11 bits per heavy atom. The van der Waals surface area contributed by atoms with Gasteiger partial charge in [0, 0.05) is 6.07 Å². The van der Waals surface area contributed by atoms with Crippen LogP contribution in [0.2, 0.25) is 0 Å². The van der Waals surface area contributed by atoms with Crippen molar-refractivity contribution >= 4 is 0 Å². The maximum Gasteiger partial charge on any atom is 0.345 e. The van der Waals surface area contributed by atoms with Crippen LogP contribution in [0.1, 0.15) is 56.5 Å². The molecular weight excluding hydrogens is 248 g/mol. The van der Waals surface area contributed by atoms with E-state index in [1.807, 2.05) is 0 Å². The normalized spacial score (nSPS) is 12.4. The zero-order chi connectivity index (χ0) is 14.3. The summed E-state index contributed by atoms with van der Waals surface area (Å²) in [6.45, 7) is 1.67. The lowest BCUT2D eigenvalue weighted by Crippen LogP contribution is -2.12. The fourth-order valence-corrected chi connectivity index (χ4v) is 1.91. The predicted octanol–water partition coefficient (Wildman–Crippen LogP) is 2.14. The average molecular weight is 270 g/mol. The van der Waals surface area contributed by atoms with Gasteiger partial charge in [-0.3, -0.25) is 0 Å². The number of rotatable bonds is 8. The van der Waals surface area contributed by atoms with Crippen molar-refractivity contribution in [1.29, 1.82) is 0 Å². The molecule has 1 unspecified atom stereocenters. The van der Waals surface area contributed by atoms with Crippen LogP contribution in [0.25, 0.3) is 0 Å². The number of unbranched alkanes of at least 4 members (excludes halogenated alkanes) is 3. The molecule has 2 N–H and O–H groups in total. The number of hydrogen-bond donors (Lipinski definition) is 2. The minimum atomic E-state index is -0.814. The van der Waals surface area contributed by atoms with Crippen LogP contribution in [0.3, 0.4) is 0 Å². The smallest absolute Gasteiger partial charge is 0.345 e. The van der Waals surface area contributed by atoms with Crippen LogP contribution in [-0.2, 0) is 6.61 Å². The van der Waals surface area contributed by atoms with Gasteiger partial charge in [-0.1, -0.05) is 32.6 Å². The van der Waals surface area contributed by atoms with Crippen LogP contribution in [0.4, 0.5) is 0 Å². The summed E-state index contributed by atoms with van der Waals surface area (Å²) in [5.74, 6) is 0.442. The van der Waals surface area contributed by atoms with Gasteiger partial charge in [-0.25, -0.2) is 4.79 Å². The summed E-state index contributed by atoms with van der Waals surface area (Å²) in [7, 11) is 1.41. The van der Waals surface area contributed by atoms with Gasteiger partial charge in [0.2, 0.25) is 0 Å². The van der Waals surface area contributed by atoms with E-state index in [4.69, 9.17) is 14.3 Å². The summed E-state index contributed by atoms with van der Waals surface area (Å²) >= 11 is 0. The monoisotopic (exact) mass is 270 g/mol. The van der Waals surface area contributed by atoms with Crippen LogP contribution >= 0.6 is 0 Å². The van der Waals surface area contributed by atoms with Crippen LogP contribution in [0.15, 0.2) is 15.3 Å². The molecule has 19 heavy (non-hydrogen) atoms. The van der Waals surface area contributed by atoms with Crippen molar-refractivity contribution in [3.63, 3.8) is 0 Å². The molecule has 0 spiro atoms. The largest absolute Gasteiger partial charge is 0.496 e. The van der Waals surface area contributed by atoms with Crippen molar-refractivity contribution in [3.8, 4) is 5.75 Å². The zero-order valence-corrected chi connectivity index (χ0v) is 11.5. The molecule has 108 valence electrons. The molecule has 0 bridgehead atoms. The van der Waals surface area contributed by atoms with E-state index in [1.165, 1.54) is 13.2 Å². The van der Waals surface area contributed by atoms with Gasteiger partial charge in [0.15, 0.2) is 0 Å². The number of aliphatic hydroxyl groups is 2. The van der Waals surface area contributed by atoms with Crippen molar-refractivity contribution in [3.05, 3.63) is 27.8 Å². The molecule has 1 rings (SSSR count). The summed E-state index contributed by atoms with van der Waals surface area (Å²) in [6.07, 6.45) is 3.91. The third-order valence-electron chi connectivity index (χ3n) is 3.07. The fraction of sp³-hybridized carbons (Fsp3) is 0.643. The number of ether oxygens (including phenoxy) is 1. The van der Waals surface area contributed by atoms with E-state index in [0.717, 1.165) is 25.7 Å². The second kappa shape index (κ2) is 7.96. The molecule has 1 aromatic rings. The molecule has 5 nitrogen and oxygen atoms in total. The van der Waals surface area contributed by atoms with E-state index in [1.54, 1.807) is 0 Å². The van der Waals surface area contributed by atoms with Crippen molar-refractivity contribution in [2.24, 2.45) is 0 Å². The molecule has 1 heterocycles. The Hall–Kier alpha value is -1.33. The summed E-state index contributed by atoms with van der Waals surface area (Å²) in [5, 5.41) is 19.0. The molecule has 1 aromatic heterocycles. The highest BCUT2D eigenvalue weighted by Gasteiger charge is 2.16. The van der Waals surface area contributed by atoms with E-state index in [-0.39, 0.29) is 17.1 Å². The first-order valence-electron chi connectivity index (χ1n) is 6.63. The maximum absolute atomic E-state index is 11.6. The lowest BCUT2D eigenvalue weighted by Gasteiger charge is -2.12. The first kappa shape index (κ1) is 15.7. The number of hydrogen-bond acceptors (Lipinski definition) is 5. The highest BCUT2D eigenvalue weighted by Crippen LogP contribution is 2.24. The van der Waals surface area contributed by atoms with Crippen molar-refractivity contribution < 1.29 is 19.4 Å². The summed E-state index contributed by atoms with van der Waals surface area (Å²) in [6, 6.07) is 1.47. The summed E-state index contributed by atoms with van der Waals surface area (Å²) in [4.78, 5) is 11.6. The highest BCUT2D eigenvalue weighted by molar-refractivity contribution is 5.31. The van der Waals surface area contributed by atoms with Crippen LogP contribution < -0.4 is 10.4 Å². The van der Waals surface area contributed by atoms with Crippen molar-refractivity contribution in [2.45, 2.75) is 51.7 Å². The van der Waals surface area contributed by atoms with Gasteiger partial charge in [0.1, 0.15) is 23.2 Å². The van der Waals surface area contributed by atoms with E-state index < -0.39 is 18.3 Å². The quantitative estimate of drug-likeness (QED) is 0.707. The van der Waals surface area contributed by atoms with E-state index in [2.05, 4.69) is 6.92 Å². The molecule has 0 aromatic carbocycles. The average Bonchev–Trinajstić information content (AvgIpc) is 2.42. The minimum absolute atomic E-state index is 0.0735. The van der Waals surface area contributed by atoms with Crippen molar-refractivity contribution in [2.75, 3.05) is 7.11 Å².